The molecular formula is C84H104N18O14S. The van der Waals surface area contributed by atoms with E-state index in [1.54, 1.807) is 77.0 Å². The van der Waals surface area contributed by atoms with Crippen LogP contribution in [0.2, 0.25) is 0 Å². The number of aromatic nitrogens is 5. The van der Waals surface area contributed by atoms with Gasteiger partial charge in [0.25, 0.3) is 17.7 Å². The molecule has 5 aliphatic heterocycles. The molecule has 117 heavy (non-hydrogen) atoms. The van der Waals surface area contributed by atoms with Gasteiger partial charge in [0, 0.05) is 138 Å². The summed E-state index contributed by atoms with van der Waals surface area (Å²) < 4.78 is 24.1. The zero-order chi connectivity index (χ0) is 82.3. The molecule has 2 bridgehead atoms. The van der Waals surface area contributed by atoms with E-state index in [-0.39, 0.29) is 117 Å². The maximum Gasteiger partial charge on any atom is 0.413 e. The third kappa shape index (κ3) is 20.5. The first kappa shape index (κ1) is 83.4. The molecule has 620 valence electrons. The number of unbranched alkanes of at least 4 members (excludes halogenated alkanes) is 2. The van der Waals surface area contributed by atoms with Crippen LogP contribution in [0.15, 0.2) is 125 Å². The Morgan fingerprint density at radius 3 is 2.20 bits per heavy atom. The molecule has 3 unspecified atom stereocenters. The number of nitrogens with one attached hydrogen (secondary N) is 6. The van der Waals surface area contributed by atoms with Crippen molar-refractivity contribution in [3.8, 4) is 39.2 Å². The number of ether oxygens (including phenoxy) is 3. The van der Waals surface area contributed by atoms with Gasteiger partial charge in [-0.1, -0.05) is 68.8 Å². The molecule has 1 saturated carbocycles. The maximum atomic E-state index is 14.4. The van der Waals surface area contributed by atoms with E-state index in [0.29, 0.717) is 124 Å². The summed E-state index contributed by atoms with van der Waals surface area (Å²) in [5, 5.41) is 41.1. The fourth-order valence-electron chi connectivity index (χ4n) is 16.4. The first-order chi connectivity index (χ1) is 56.6. The zero-order valence-corrected chi connectivity index (χ0v) is 67.5. The fraction of sp³-hybridized carbons (Fsp3) is 0.476. The molecule has 1 aliphatic carbocycles. The Kier molecular flexibility index (Phi) is 27.4. The van der Waals surface area contributed by atoms with Crippen LogP contribution in [-0.4, -0.2) is 219 Å². The molecule has 32 nitrogen and oxygen atoms in total. The Morgan fingerprint density at radius 2 is 1.49 bits per heavy atom. The van der Waals surface area contributed by atoms with Crippen molar-refractivity contribution in [2.24, 2.45) is 17.1 Å². The monoisotopic (exact) mass is 1620 g/mol. The highest BCUT2D eigenvalue weighted by Gasteiger charge is 2.52. The van der Waals surface area contributed by atoms with Crippen molar-refractivity contribution >= 4 is 87.7 Å². The van der Waals surface area contributed by atoms with Gasteiger partial charge in [0.05, 0.1) is 33.5 Å². The number of pyridine rings is 1. The molecule has 13 rings (SSSR count). The van der Waals surface area contributed by atoms with Crippen molar-refractivity contribution in [1.82, 2.24) is 66.2 Å². The maximum absolute atomic E-state index is 14.4. The number of nitrogens with two attached hydrogens (primary N) is 1. The summed E-state index contributed by atoms with van der Waals surface area (Å²) in [6.45, 7) is 16.9. The standard InChI is InChI=1S/C84H104N18O14S/c1-52(2)74(79(108)100-37-12-16-66(100)78(107)90-54(4)57-20-22-58(23-21-57)75-55(5)89-51-117-75)69-46-71(96-116-69)114-42-40-97-38-39-98(53(3)47-97)41-43-113-70-44-60(30-35-86-70)102-61-26-27-62(102)49-99(48-61)67-45-65(63-14-7-8-17-68(63)103)94-95-76(67)93-83(112)115-50-56-18-24-59(25-19-56)91-77(106)64(15-11-34-88-82(85)111)92-81(110)84(31-13-32-84)80(109)87-33-9-6-10-36-101-72(104)28-29-73(101)105/h7-8,14,17-25,28-30,35,44-46,51-54,61-62,64,66,74,103H,6,9-13,15-16,26-27,31-34,36-43,47-50H2,1-5H3,(H,87,109)(H,90,107)(H,91,106)(H,92,110)(H3,85,88,111)(H,93,95,112)/t53-,54+,61?,62?,64+,66+,74?/m1/s1. The number of hydrogen-bond donors (Lipinski definition) is 8. The van der Waals surface area contributed by atoms with Gasteiger partial charge in [0.15, 0.2) is 11.6 Å². The minimum atomic E-state index is -1.38. The first-order valence-corrected chi connectivity index (χ1v) is 41.4. The summed E-state index contributed by atoms with van der Waals surface area (Å²) in [5.41, 5.74) is 12.2. The van der Waals surface area contributed by atoms with Gasteiger partial charge in [-0.2, -0.15) is 0 Å². The summed E-state index contributed by atoms with van der Waals surface area (Å²) in [5.74, 6) is -1.99. The summed E-state index contributed by atoms with van der Waals surface area (Å²) in [4.78, 5) is 141. The number of aromatic hydroxyl groups is 1. The van der Waals surface area contributed by atoms with Gasteiger partial charge in [-0.15, -0.1) is 21.5 Å². The molecule has 3 aromatic carbocycles. The average Bonchev–Trinajstić information content (AvgIpc) is 1.54. The number of amides is 10. The molecule has 9 N–H and O–H groups in total. The van der Waals surface area contributed by atoms with Crippen LogP contribution in [0.3, 0.4) is 0 Å². The summed E-state index contributed by atoms with van der Waals surface area (Å²) >= 11 is 1.60. The lowest BCUT2D eigenvalue weighted by Gasteiger charge is -2.43. The van der Waals surface area contributed by atoms with Crippen molar-refractivity contribution in [2.45, 2.75) is 160 Å². The number of fused-ring (bicyclic) bond motifs is 2. The van der Waals surface area contributed by atoms with Crippen molar-refractivity contribution in [3.63, 3.8) is 0 Å². The summed E-state index contributed by atoms with van der Waals surface area (Å²) in [6, 6.07) is 26.8. The van der Waals surface area contributed by atoms with Crippen LogP contribution in [0.1, 0.15) is 139 Å². The highest BCUT2D eigenvalue weighted by Crippen LogP contribution is 2.43. The number of carbonyl (C=O) groups excluding carboxylic acids is 9. The number of carbonyl (C=O) groups is 9. The Labute approximate surface area is 683 Å². The number of imide groups is 1. The normalized spacial score (nSPS) is 19.2. The molecular weight excluding hydrogens is 1520 g/mol. The highest BCUT2D eigenvalue weighted by molar-refractivity contribution is 7.13. The Hall–Kier alpha value is -11.6. The molecule has 9 heterocycles. The summed E-state index contributed by atoms with van der Waals surface area (Å²) in [7, 11) is 0. The highest BCUT2D eigenvalue weighted by atomic mass is 32.1. The second kappa shape index (κ2) is 38.5. The molecule has 10 amide bonds. The largest absolute Gasteiger partial charge is 0.507 e. The van der Waals surface area contributed by atoms with E-state index in [4.69, 9.17) is 24.5 Å². The Morgan fingerprint density at radius 1 is 0.744 bits per heavy atom. The minimum absolute atomic E-state index is 0.0196. The van der Waals surface area contributed by atoms with Crippen molar-refractivity contribution in [3.05, 3.63) is 144 Å². The van der Waals surface area contributed by atoms with Gasteiger partial charge >= 0.3 is 12.1 Å². The predicted octanol–water partition coefficient (Wildman–Crippen LogP) is 8.60. The fourth-order valence-corrected chi connectivity index (χ4v) is 17.2. The number of hydrogen-bond acceptors (Lipinski definition) is 24. The van der Waals surface area contributed by atoms with E-state index in [2.05, 4.69) is 95.9 Å². The number of urea groups is 1. The molecule has 0 spiro atoms. The van der Waals surface area contributed by atoms with E-state index in [0.717, 1.165) is 66.3 Å². The van der Waals surface area contributed by atoms with Gasteiger partial charge in [-0.25, -0.2) is 19.6 Å². The van der Waals surface area contributed by atoms with E-state index in [1.807, 2.05) is 63.5 Å². The number of aryl methyl sites for hydroxylation is 1. The minimum Gasteiger partial charge on any atom is -0.507 e. The molecule has 6 aliphatic rings. The SMILES string of the molecule is Cc1ncsc1-c1ccc([C@H](C)NC(=O)[C@@H]2CCCN2C(=O)C(c2cc(OCCN3CCN(CCOc4cc(N5C6CCC5CN(c5cc(-c7ccccc7O)nnc5NC(=O)OCc5ccc(NC(=O)[C@H](CCCNC(N)=O)NC(=O)C7(C(=O)NCCCCCN8C(=O)C=CC8=O)CCC7)cc5)C6)ccn4)[C@H](C)C3)no2)C(C)C)cc1. The lowest BCUT2D eigenvalue weighted by atomic mass is 9.67. The number of phenolic OH excluding ortho intramolecular Hbond substituents is 1. The van der Waals surface area contributed by atoms with Crippen LogP contribution in [-0.2, 0) is 44.9 Å². The summed E-state index contributed by atoms with van der Waals surface area (Å²) in [6.07, 6.45) is 9.87. The van der Waals surface area contributed by atoms with E-state index in [9.17, 15) is 48.3 Å². The molecule has 7 aromatic rings. The van der Waals surface area contributed by atoms with Crippen molar-refractivity contribution < 1.29 is 67.0 Å². The van der Waals surface area contributed by atoms with Gasteiger partial charge < -0.3 is 70.9 Å². The van der Waals surface area contributed by atoms with Crippen molar-refractivity contribution in [1.29, 1.82) is 0 Å². The Balaban J connectivity index is 0.555. The van der Waals surface area contributed by atoms with Crippen LogP contribution in [0, 0.1) is 18.3 Å². The third-order valence-corrected chi connectivity index (χ3v) is 24.0. The van der Waals surface area contributed by atoms with E-state index < -0.39 is 53.3 Å². The number of phenols is 1. The van der Waals surface area contributed by atoms with E-state index >= 15 is 0 Å². The number of likely N-dealkylation sites (tertiary alicyclic amines) is 1. The number of para-hydroxylation sites is 1. The van der Waals surface area contributed by atoms with Gasteiger partial charge in [0.1, 0.15) is 49.0 Å². The lowest BCUT2D eigenvalue weighted by Crippen LogP contribution is -2.58. The number of anilines is 4. The van der Waals surface area contributed by atoms with E-state index in [1.165, 1.54) is 17.1 Å². The van der Waals surface area contributed by atoms with Crippen LogP contribution in [0.5, 0.6) is 17.5 Å². The number of primary amides is 1. The smallest absolute Gasteiger partial charge is 0.413 e. The topological polar surface area (TPSA) is 397 Å². The van der Waals surface area contributed by atoms with Crippen LogP contribution >= 0.6 is 11.3 Å². The van der Waals surface area contributed by atoms with Gasteiger partial charge in [0.2, 0.25) is 35.4 Å². The van der Waals surface area contributed by atoms with Gasteiger partial charge in [-0.3, -0.25) is 53.6 Å². The van der Waals surface area contributed by atoms with Crippen molar-refractivity contribution in [2.75, 3.05) is 106 Å². The number of piperazine rings is 2. The molecule has 7 atom stereocenters. The number of rotatable bonds is 36. The Bertz CT molecular complexity index is 4700. The second-order valence-electron chi connectivity index (χ2n) is 31.3. The quantitative estimate of drug-likeness (QED) is 0.0103. The predicted molar refractivity (Wildman–Crippen MR) is 438 cm³/mol. The number of nitrogens with zero attached hydrogens (tertiary/aromatic N) is 11. The third-order valence-electron chi connectivity index (χ3n) is 23.0. The van der Waals surface area contributed by atoms with Gasteiger partial charge in [-0.05, 0) is 156 Å². The zero-order valence-electron chi connectivity index (χ0n) is 66.7. The van der Waals surface area contributed by atoms with Crippen LogP contribution in [0.25, 0.3) is 21.7 Å². The number of benzene rings is 3. The lowest BCUT2D eigenvalue weighted by molar-refractivity contribution is -0.151. The molecule has 33 heteroatoms. The van der Waals surface area contributed by atoms with Crippen LogP contribution in [0.4, 0.5) is 32.5 Å². The molecule has 4 saturated heterocycles. The van der Waals surface area contributed by atoms with Crippen LogP contribution < -0.4 is 56.9 Å². The average molecular weight is 1620 g/mol. The number of thiazole rings is 1. The molecule has 0 radical (unpaired) electrons. The second-order valence-corrected chi connectivity index (χ2v) is 32.1. The molecule has 5 fully saturated rings. The molecule has 4 aromatic heterocycles. The first-order valence-electron chi connectivity index (χ1n) is 40.5.